The minimum absolute atomic E-state index is 0.0881. The quantitative estimate of drug-likeness (QED) is 0.831. The summed E-state index contributed by atoms with van der Waals surface area (Å²) >= 11 is 0. The third-order valence-corrected chi connectivity index (χ3v) is 2.53. The molecule has 1 aromatic carbocycles. The van der Waals surface area contributed by atoms with Crippen LogP contribution in [0, 0.1) is 11.7 Å². The number of aliphatic carboxylic acids is 1. The van der Waals surface area contributed by atoms with Gasteiger partial charge in [-0.25, -0.2) is 9.18 Å². The van der Waals surface area contributed by atoms with Crippen LogP contribution in [-0.4, -0.2) is 17.1 Å². The van der Waals surface area contributed by atoms with Crippen molar-refractivity contribution in [3.8, 4) is 0 Å². The molecule has 0 saturated carbocycles. The Kier molecular flexibility index (Phi) is 4.39. The van der Waals surface area contributed by atoms with Gasteiger partial charge < -0.3 is 10.4 Å². The molecular weight excluding hydrogens is 266 g/mol. The number of anilines is 1. The molecule has 0 heterocycles. The average molecular weight is 279 g/mol. The number of halogens is 4. The molecule has 7 heteroatoms. The van der Waals surface area contributed by atoms with Gasteiger partial charge in [-0.15, -0.1) is 0 Å². The van der Waals surface area contributed by atoms with Crippen LogP contribution in [0.2, 0.25) is 0 Å². The SMILES string of the molecule is CC(C)C(Nc1ccc(F)c(C(F)(F)F)c1)C(=O)O. The third kappa shape index (κ3) is 3.84. The zero-order valence-corrected chi connectivity index (χ0v) is 10.3. The summed E-state index contributed by atoms with van der Waals surface area (Å²) in [5.41, 5.74) is -1.51. The van der Waals surface area contributed by atoms with E-state index in [0.717, 1.165) is 6.07 Å². The fourth-order valence-electron chi connectivity index (χ4n) is 1.53. The minimum Gasteiger partial charge on any atom is -0.480 e. The van der Waals surface area contributed by atoms with Crippen molar-refractivity contribution in [2.75, 3.05) is 5.32 Å². The predicted octanol–water partition coefficient (Wildman–Crippen LogP) is 3.37. The Morgan fingerprint density at radius 1 is 1.32 bits per heavy atom. The number of carboxylic acid groups (broad SMARTS) is 1. The lowest BCUT2D eigenvalue weighted by Crippen LogP contribution is -2.34. The number of alkyl halides is 3. The number of benzene rings is 1. The fraction of sp³-hybridized carbons (Fsp3) is 0.417. The molecule has 106 valence electrons. The van der Waals surface area contributed by atoms with Crippen LogP contribution in [0.3, 0.4) is 0 Å². The maximum absolute atomic E-state index is 13.1. The van der Waals surface area contributed by atoms with E-state index in [1.165, 1.54) is 0 Å². The van der Waals surface area contributed by atoms with E-state index in [9.17, 15) is 22.4 Å². The molecule has 0 fully saturated rings. The van der Waals surface area contributed by atoms with E-state index in [-0.39, 0.29) is 11.6 Å². The van der Waals surface area contributed by atoms with E-state index in [4.69, 9.17) is 5.11 Å². The highest BCUT2D eigenvalue weighted by atomic mass is 19.4. The van der Waals surface area contributed by atoms with Crippen molar-refractivity contribution < 1.29 is 27.5 Å². The average Bonchev–Trinajstić information content (AvgIpc) is 2.25. The molecule has 0 spiro atoms. The lowest BCUT2D eigenvalue weighted by Gasteiger charge is -2.20. The zero-order valence-electron chi connectivity index (χ0n) is 10.3. The van der Waals surface area contributed by atoms with Crippen molar-refractivity contribution in [2.45, 2.75) is 26.1 Å². The normalized spacial score (nSPS) is 13.4. The first-order valence-corrected chi connectivity index (χ1v) is 5.49. The number of carbonyl (C=O) groups is 1. The van der Waals surface area contributed by atoms with Crippen LogP contribution in [0.5, 0.6) is 0 Å². The van der Waals surface area contributed by atoms with E-state index >= 15 is 0 Å². The van der Waals surface area contributed by atoms with E-state index < -0.39 is 29.6 Å². The van der Waals surface area contributed by atoms with Crippen molar-refractivity contribution in [1.82, 2.24) is 0 Å². The zero-order chi connectivity index (χ0) is 14.8. The molecule has 0 aromatic heterocycles. The van der Waals surface area contributed by atoms with Gasteiger partial charge in [-0.1, -0.05) is 13.8 Å². The molecule has 0 aliphatic rings. The maximum Gasteiger partial charge on any atom is 0.419 e. The molecule has 19 heavy (non-hydrogen) atoms. The van der Waals surface area contributed by atoms with Crippen molar-refractivity contribution in [3.05, 3.63) is 29.6 Å². The van der Waals surface area contributed by atoms with Gasteiger partial charge in [-0.2, -0.15) is 13.2 Å². The molecule has 1 aromatic rings. The topological polar surface area (TPSA) is 49.3 Å². The van der Waals surface area contributed by atoms with Crippen molar-refractivity contribution >= 4 is 11.7 Å². The second kappa shape index (κ2) is 5.46. The number of nitrogens with one attached hydrogen (secondary N) is 1. The monoisotopic (exact) mass is 279 g/mol. The van der Waals surface area contributed by atoms with Gasteiger partial charge in [-0.3, -0.25) is 0 Å². The molecule has 0 aliphatic heterocycles. The lowest BCUT2D eigenvalue weighted by atomic mass is 10.0. The first-order valence-electron chi connectivity index (χ1n) is 5.49. The largest absolute Gasteiger partial charge is 0.480 e. The van der Waals surface area contributed by atoms with Gasteiger partial charge in [0.15, 0.2) is 0 Å². The number of hydrogen-bond donors (Lipinski definition) is 2. The lowest BCUT2D eigenvalue weighted by molar-refractivity contribution is -0.140. The van der Waals surface area contributed by atoms with E-state index in [0.29, 0.717) is 12.1 Å². The van der Waals surface area contributed by atoms with Gasteiger partial charge in [0, 0.05) is 5.69 Å². The fourth-order valence-corrected chi connectivity index (χ4v) is 1.53. The van der Waals surface area contributed by atoms with E-state index in [1.807, 2.05) is 0 Å². The second-order valence-corrected chi connectivity index (χ2v) is 4.40. The second-order valence-electron chi connectivity index (χ2n) is 4.40. The van der Waals surface area contributed by atoms with Gasteiger partial charge in [0.1, 0.15) is 11.9 Å². The first kappa shape index (κ1) is 15.3. The van der Waals surface area contributed by atoms with Crippen LogP contribution in [0.4, 0.5) is 23.2 Å². The van der Waals surface area contributed by atoms with E-state index in [1.54, 1.807) is 13.8 Å². The highest BCUT2D eigenvalue weighted by Gasteiger charge is 2.34. The number of rotatable bonds is 4. The highest BCUT2D eigenvalue weighted by molar-refractivity contribution is 5.77. The Bertz CT molecular complexity index is 471. The molecule has 0 radical (unpaired) electrons. The Labute approximate surface area is 107 Å². The van der Waals surface area contributed by atoms with Gasteiger partial charge in [-0.05, 0) is 24.1 Å². The Morgan fingerprint density at radius 2 is 1.89 bits per heavy atom. The standard InChI is InChI=1S/C12H13F4NO2/c1-6(2)10(11(18)19)17-7-3-4-9(13)8(5-7)12(14,15)16/h3-6,10,17H,1-2H3,(H,18,19). The first-order chi connectivity index (χ1) is 8.62. The number of carboxylic acids is 1. The molecule has 3 nitrogen and oxygen atoms in total. The molecular formula is C12H13F4NO2. The van der Waals surface area contributed by atoms with Gasteiger partial charge in [0.2, 0.25) is 0 Å². The number of hydrogen-bond acceptors (Lipinski definition) is 2. The molecule has 2 N–H and O–H groups in total. The van der Waals surface area contributed by atoms with Crippen LogP contribution in [0.1, 0.15) is 19.4 Å². The van der Waals surface area contributed by atoms with Crippen molar-refractivity contribution in [3.63, 3.8) is 0 Å². The summed E-state index contributed by atoms with van der Waals surface area (Å²) in [4.78, 5) is 10.9. The Morgan fingerprint density at radius 3 is 2.32 bits per heavy atom. The van der Waals surface area contributed by atoms with Crippen LogP contribution in [-0.2, 0) is 11.0 Å². The highest BCUT2D eigenvalue weighted by Crippen LogP contribution is 2.33. The Hall–Kier alpha value is -1.79. The molecule has 0 saturated heterocycles. The summed E-state index contributed by atoms with van der Waals surface area (Å²) in [6.45, 7) is 3.22. The summed E-state index contributed by atoms with van der Waals surface area (Å²) in [5, 5.41) is 11.4. The van der Waals surface area contributed by atoms with Crippen molar-refractivity contribution in [1.29, 1.82) is 0 Å². The smallest absolute Gasteiger partial charge is 0.419 e. The molecule has 1 atom stereocenters. The van der Waals surface area contributed by atoms with Gasteiger partial charge >= 0.3 is 12.1 Å². The van der Waals surface area contributed by atoms with Crippen molar-refractivity contribution in [2.24, 2.45) is 5.92 Å². The van der Waals surface area contributed by atoms with E-state index in [2.05, 4.69) is 5.32 Å². The van der Waals surface area contributed by atoms with Crippen LogP contribution in [0.25, 0.3) is 0 Å². The van der Waals surface area contributed by atoms with Crippen LogP contribution < -0.4 is 5.32 Å². The molecule has 0 aliphatic carbocycles. The van der Waals surface area contributed by atoms with Crippen LogP contribution >= 0.6 is 0 Å². The van der Waals surface area contributed by atoms with Crippen LogP contribution in [0.15, 0.2) is 18.2 Å². The maximum atomic E-state index is 13.1. The summed E-state index contributed by atoms with van der Waals surface area (Å²) in [5.74, 6) is -2.92. The summed E-state index contributed by atoms with van der Waals surface area (Å²) < 4.78 is 50.6. The molecule has 0 amide bonds. The Balaban J connectivity index is 3.06. The minimum atomic E-state index is -4.82. The predicted molar refractivity (Wildman–Crippen MR) is 61.3 cm³/mol. The van der Waals surface area contributed by atoms with Gasteiger partial charge in [0.25, 0.3) is 0 Å². The van der Waals surface area contributed by atoms with Gasteiger partial charge in [0.05, 0.1) is 5.56 Å². The summed E-state index contributed by atoms with van der Waals surface area (Å²) in [6, 6.07) is 1.24. The molecule has 0 bridgehead atoms. The molecule has 1 unspecified atom stereocenters. The molecule has 1 rings (SSSR count). The third-order valence-electron chi connectivity index (χ3n) is 2.53. The summed E-state index contributed by atoms with van der Waals surface area (Å²) in [6.07, 6.45) is -4.82. The summed E-state index contributed by atoms with van der Waals surface area (Å²) in [7, 11) is 0.